The monoisotopic (exact) mass is 565 g/mol. The van der Waals surface area contributed by atoms with E-state index in [4.69, 9.17) is 11.5 Å². The van der Waals surface area contributed by atoms with Gasteiger partial charge in [0.05, 0.1) is 0 Å². The van der Waals surface area contributed by atoms with Gasteiger partial charge in [-0.2, -0.15) is 44.9 Å². The summed E-state index contributed by atoms with van der Waals surface area (Å²) >= 11 is 4.54. The van der Waals surface area contributed by atoms with Crippen molar-refractivity contribution < 1.29 is 0 Å². The summed E-state index contributed by atoms with van der Waals surface area (Å²) in [6.45, 7) is 8.21. The van der Waals surface area contributed by atoms with Gasteiger partial charge in [0.2, 0.25) is 35.7 Å². The van der Waals surface area contributed by atoms with Crippen molar-refractivity contribution in [3.8, 4) is 0 Å². The molecular weight excluding hydrogens is 535 g/mol. The molecule has 3 aromatic rings. The van der Waals surface area contributed by atoms with Crippen LogP contribution in [0.4, 0.5) is 35.7 Å². The Hall–Kier alpha value is -3.12. The van der Waals surface area contributed by atoms with E-state index in [1.807, 2.05) is 20.8 Å². The van der Waals surface area contributed by atoms with Crippen LogP contribution in [0.15, 0.2) is 15.5 Å². The Morgan fingerprint density at radius 3 is 1.08 bits per heavy atom. The molecule has 3 heterocycles. The van der Waals surface area contributed by atoms with Crippen LogP contribution in [0.5, 0.6) is 0 Å². The third-order valence-corrected chi connectivity index (χ3v) is 6.27. The minimum absolute atomic E-state index is 0.185. The van der Waals surface area contributed by atoms with E-state index in [-0.39, 0.29) is 11.9 Å². The summed E-state index contributed by atoms with van der Waals surface area (Å²) in [6.07, 6.45) is 0. The van der Waals surface area contributed by atoms with Gasteiger partial charge in [-0.3, -0.25) is 0 Å². The molecule has 15 nitrogen and oxygen atoms in total. The molecule has 3 rings (SSSR count). The summed E-state index contributed by atoms with van der Waals surface area (Å²) in [5.74, 6) is 4.69. The maximum absolute atomic E-state index is 5.77. The highest BCUT2D eigenvalue weighted by molar-refractivity contribution is 7.99. The molecule has 0 saturated heterocycles. The van der Waals surface area contributed by atoms with Gasteiger partial charge in [-0.05, 0) is 17.3 Å². The minimum atomic E-state index is 0.185. The largest absolute Gasteiger partial charge is 0.368 e. The van der Waals surface area contributed by atoms with Crippen LogP contribution in [0.1, 0.15) is 20.8 Å². The molecule has 200 valence electrons. The lowest BCUT2D eigenvalue weighted by Crippen LogP contribution is -2.20. The Balaban J connectivity index is 1.51. The fourth-order valence-corrected chi connectivity index (χ4v) is 4.39. The predicted octanol–water partition coefficient (Wildman–Crippen LogP) is 1.79. The SMILES string of the molecule is CCSc1nc(N)nc(NCCNc2nc(NCCNc3nc(N)nc(SCC)n3)nc(SCC)n2)n1. The Bertz CT molecular complexity index is 1050. The first-order valence-corrected chi connectivity index (χ1v) is 14.6. The number of anilines is 6. The van der Waals surface area contributed by atoms with E-state index in [1.165, 1.54) is 35.3 Å². The van der Waals surface area contributed by atoms with Crippen LogP contribution in [0.25, 0.3) is 0 Å². The van der Waals surface area contributed by atoms with Gasteiger partial charge in [-0.1, -0.05) is 56.1 Å². The van der Waals surface area contributed by atoms with Crippen molar-refractivity contribution in [3.63, 3.8) is 0 Å². The van der Waals surface area contributed by atoms with E-state index >= 15 is 0 Å². The highest BCUT2D eigenvalue weighted by Crippen LogP contribution is 2.17. The second kappa shape index (κ2) is 15.2. The second-order valence-corrected chi connectivity index (χ2v) is 10.6. The molecule has 0 saturated carbocycles. The van der Waals surface area contributed by atoms with E-state index in [2.05, 4.69) is 66.1 Å². The highest BCUT2D eigenvalue weighted by atomic mass is 32.2. The van der Waals surface area contributed by atoms with Crippen LogP contribution in [-0.2, 0) is 0 Å². The number of hydrogen-bond acceptors (Lipinski definition) is 18. The van der Waals surface area contributed by atoms with Crippen LogP contribution in [0.3, 0.4) is 0 Å². The van der Waals surface area contributed by atoms with Crippen LogP contribution >= 0.6 is 35.3 Å². The molecule has 0 amide bonds. The van der Waals surface area contributed by atoms with Crippen molar-refractivity contribution in [2.24, 2.45) is 0 Å². The maximum atomic E-state index is 5.77. The third-order valence-electron chi connectivity index (χ3n) is 4.08. The Kier molecular flexibility index (Phi) is 11.7. The molecular formula is C19H31N15S3. The molecule has 0 bridgehead atoms. The van der Waals surface area contributed by atoms with Crippen molar-refractivity contribution in [2.45, 2.75) is 36.2 Å². The van der Waals surface area contributed by atoms with Gasteiger partial charge in [-0.15, -0.1) is 0 Å². The quantitative estimate of drug-likeness (QED) is 0.108. The van der Waals surface area contributed by atoms with E-state index in [0.29, 0.717) is 65.4 Å². The molecule has 0 radical (unpaired) electrons. The molecule has 0 atom stereocenters. The van der Waals surface area contributed by atoms with E-state index in [9.17, 15) is 0 Å². The van der Waals surface area contributed by atoms with Crippen molar-refractivity contribution in [2.75, 3.05) is 76.2 Å². The molecule has 0 unspecified atom stereocenters. The number of nitrogens with zero attached hydrogens (tertiary/aromatic N) is 9. The maximum Gasteiger partial charge on any atom is 0.228 e. The molecule has 0 spiro atoms. The average molecular weight is 566 g/mol. The first-order valence-electron chi connectivity index (χ1n) is 11.6. The van der Waals surface area contributed by atoms with Crippen molar-refractivity contribution in [1.29, 1.82) is 0 Å². The molecule has 0 aliphatic heterocycles. The first-order chi connectivity index (χ1) is 18.0. The van der Waals surface area contributed by atoms with Gasteiger partial charge in [0.15, 0.2) is 15.5 Å². The van der Waals surface area contributed by atoms with E-state index < -0.39 is 0 Å². The highest BCUT2D eigenvalue weighted by Gasteiger charge is 2.08. The Morgan fingerprint density at radius 1 is 0.459 bits per heavy atom. The van der Waals surface area contributed by atoms with Gasteiger partial charge in [0.25, 0.3) is 0 Å². The molecule has 0 aliphatic carbocycles. The fourth-order valence-electron chi connectivity index (χ4n) is 2.70. The van der Waals surface area contributed by atoms with Gasteiger partial charge in [-0.25, -0.2) is 0 Å². The number of thioether (sulfide) groups is 3. The normalized spacial score (nSPS) is 10.8. The van der Waals surface area contributed by atoms with Gasteiger partial charge in [0.1, 0.15) is 0 Å². The predicted molar refractivity (Wildman–Crippen MR) is 151 cm³/mol. The van der Waals surface area contributed by atoms with E-state index in [0.717, 1.165) is 17.3 Å². The fraction of sp³-hybridized carbons (Fsp3) is 0.526. The van der Waals surface area contributed by atoms with Crippen LogP contribution in [0.2, 0.25) is 0 Å². The molecule has 3 aromatic heterocycles. The van der Waals surface area contributed by atoms with E-state index in [1.54, 1.807) is 0 Å². The summed E-state index contributed by atoms with van der Waals surface area (Å²) in [4.78, 5) is 38.5. The summed E-state index contributed by atoms with van der Waals surface area (Å²) in [7, 11) is 0. The third kappa shape index (κ3) is 10.0. The molecule has 8 N–H and O–H groups in total. The molecule has 0 fully saturated rings. The standard InChI is InChI=1S/C19H31N15S3/c1-4-35-17-28-11(20)26-13(31-17)22-7-9-24-15-30-16(34-19(33-15)37-6-3)25-10-8-23-14-27-12(21)29-18(32-14)36-5-2/h4-10H2,1-3H3,(H3,20,22,26,28,31)(H3,21,23,27,29,32)(H2,24,25,30,33,34). The van der Waals surface area contributed by atoms with Gasteiger partial charge in [0, 0.05) is 26.2 Å². The number of nitrogens with one attached hydrogen (secondary N) is 4. The first kappa shape index (κ1) is 28.5. The molecule has 18 heteroatoms. The zero-order valence-electron chi connectivity index (χ0n) is 20.9. The van der Waals surface area contributed by atoms with Crippen molar-refractivity contribution >= 4 is 71.0 Å². The summed E-state index contributed by atoms with van der Waals surface area (Å²) in [5, 5.41) is 14.5. The number of nitrogen functional groups attached to an aromatic ring is 2. The summed E-state index contributed by atoms with van der Waals surface area (Å²) < 4.78 is 0. The number of nitrogens with two attached hydrogens (primary N) is 2. The van der Waals surface area contributed by atoms with Crippen molar-refractivity contribution in [3.05, 3.63) is 0 Å². The zero-order chi connectivity index (χ0) is 26.5. The Morgan fingerprint density at radius 2 is 0.757 bits per heavy atom. The second-order valence-electron chi connectivity index (χ2n) is 6.87. The summed E-state index contributed by atoms with van der Waals surface area (Å²) in [6, 6.07) is 0. The lowest BCUT2D eigenvalue weighted by atomic mass is 10.6. The number of aromatic nitrogens is 9. The van der Waals surface area contributed by atoms with Crippen LogP contribution < -0.4 is 32.7 Å². The smallest absolute Gasteiger partial charge is 0.228 e. The van der Waals surface area contributed by atoms with Crippen LogP contribution in [-0.4, -0.2) is 88.3 Å². The topological polar surface area (TPSA) is 216 Å². The number of rotatable bonds is 16. The average Bonchev–Trinajstić information content (AvgIpc) is 2.85. The lowest BCUT2D eigenvalue weighted by Gasteiger charge is -2.11. The number of hydrogen-bond donors (Lipinski definition) is 6. The summed E-state index contributed by atoms with van der Waals surface area (Å²) in [5.41, 5.74) is 11.5. The van der Waals surface area contributed by atoms with Gasteiger partial charge >= 0.3 is 0 Å². The van der Waals surface area contributed by atoms with Gasteiger partial charge < -0.3 is 32.7 Å². The van der Waals surface area contributed by atoms with Crippen molar-refractivity contribution in [1.82, 2.24) is 44.9 Å². The van der Waals surface area contributed by atoms with Crippen LogP contribution in [0, 0.1) is 0 Å². The molecule has 37 heavy (non-hydrogen) atoms. The Labute approximate surface area is 227 Å². The minimum Gasteiger partial charge on any atom is -0.368 e. The molecule has 0 aromatic carbocycles. The molecule has 0 aliphatic rings. The lowest BCUT2D eigenvalue weighted by molar-refractivity contribution is 0.871. The zero-order valence-corrected chi connectivity index (χ0v) is 23.3.